The van der Waals surface area contributed by atoms with E-state index in [0.717, 1.165) is 10.5 Å². The van der Waals surface area contributed by atoms with Gasteiger partial charge in [0.15, 0.2) is 0 Å². The van der Waals surface area contributed by atoms with Gasteiger partial charge in [-0.05, 0) is 28.9 Å². The van der Waals surface area contributed by atoms with E-state index < -0.39 is 0 Å². The third-order valence-electron chi connectivity index (χ3n) is 3.94. The van der Waals surface area contributed by atoms with Crippen molar-refractivity contribution in [2.75, 3.05) is 12.5 Å². The molecule has 0 saturated carbocycles. The maximum absolute atomic E-state index is 2.58. The molecule has 100 valence electrons. The monoisotopic (exact) mass is 316 g/mol. The second kappa shape index (κ2) is 4.44. The van der Waals surface area contributed by atoms with E-state index in [0.29, 0.717) is 11.3 Å². The normalized spacial score (nSPS) is 41.9. The van der Waals surface area contributed by atoms with Crippen LogP contribution in [0.4, 0.5) is 0 Å². The number of fused-ring (bicyclic) bond motifs is 1. The minimum atomic E-state index is 0.287. The Hall–Kier alpha value is 0.880. The van der Waals surface area contributed by atoms with Crippen LogP contribution in [0.1, 0.15) is 20.8 Å². The Morgan fingerprint density at radius 3 is 2.50 bits per heavy atom. The zero-order chi connectivity index (χ0) is 13.1. The highest BCUT2D eigenvalue weighted by Gasteiger charge is 2.57. The van der Waals surface area contributed by atoms with Crippen molar-refractivity contribution in [2.45, 2.75) is 34.7 Å². The van der Waals surface area contributed by atoms with Crippen molar-refractivity contribution in [3.8, 4) is 0 Å². The van der Waals surface area contributed by atoms with E-state index in [-0.39, 0.29) is 3.41 Å². The second-order valence-corrected chi connectivity index (χ2v) is 11.6. The number of hydrogen-bond donors (Lipinski definition) is 0. The molecule has 0 aromatic rings. The summed E-state index contributed by atoms with van der Waals surface area (Å²) in [7, 11) is 0. The molecule has 1 fully saturated rings. The standard InChI is InChI=1S/C14H20S4/c1-13(2,3)9-6-8-10(15-4)7-14(16-5)17-11(8)12(9)18-14/h6-8,11-12H,1-5H3. The number of allylic oxidation sites excluding steroid dienone is 2. The van der Waals surface area contributed by atoms with Crippen LogP contribution in [0.2, 0.25) is 0 Å². The van der Waals surface area contributed by atoms with Crippen LogP contribution in [0.25, 0.3) is 0 Å². The van der Waals surface area contributed by atoms with E-state index in [9.17, 15) is 0 Å². The highest BCUT2D eigenvalue weighted by molar-refractivity contribution is 8.36. The van der Waals surface area contributed by atoms with E-state index in [4.69, 9.17) is 0 Å². The molecule has 0 radical (unpaired) electrons. The van der Waals surface area contributed by atoms with Gasteiger partial charge in [0.05, 0.1) is 0 Å². The molecule has 4 unspecified atom stereocenters. The summed E-state index contributed by atoms with van der Waals surface area (Å²) in [6, 6.07) is 0. The third-order valence-corrected chi connectivity index (χ3v) is 10.4. The van der Waals surface area contributed by atoms with Crippen LogP contribution in [0, 0.1) is 11.3 Å². The molecule has 4 atom stereocenters. The molecule has 1 saturated heterocycles. The lowest BCUT2D eigenvalue weighted by atomic mass is 9.86. The fraction of sp³-hybridized carbons (Fsp3) is 0.714. The van der Waals surface area contributed by atoms with Gasteiger partial charge in [-0.15, -0.1) is 47.0 Å². The SMILES string of the molecule is CSC1=CC2(SC)SC3C(C(C)(C)C)=CC1C3S2. The van der Waals surface area contributed by atoms with Crippen LogP contribution < -0.4 is 0 Å². The van der Waals surface area contributed by atoms with Crippen molar-refractivity contribution in [2.24, 2.45) is 11.3 Å². The third kappa shape index (κ3) is 1.94. The predicted molar refractivity (Wildman–Crippen MR) is 91.6 cm³/mol. The summed E-state index contributed by atoms with van der Waals surface area (Å²) in [6.07, 6.45) is 9.62. The lowest BCUT2D eigenvalue weighted by Crippen LogP contribution is -2.24. The molecule has 0 nitrogen and oxygen atoms in total. The van der Waals surface area contributed by atoms with E-state index in [1.54, 1.807) is 10.5 Å². The highest BCUT2D eigenvalue weighted by Crippen LogP contribution is 2.70. The van der Waals surface area contributed by atoms with E-state index >= 15 is 0 Å². The average Bonchev–Trinajstić information content (AvgIpc) is 2.78. The summed E-state index contributed by atoms with van der Waals surface area (Å²) in [4.78, 5) is 1.60. The lowest BCUT2D eigenvalue weighted by molar-refractivity contribution is 0.494. The van der Waals surface area contributed by atoms with Gasteiger partial charge in [-0.2, -0.15) is 0 Å². The molecule has 3 rings (SSSR count). The van der Waals surface area contributed by atoms with Gasteiger partial charge < -0.3 is 0 Å². The van der Waals surface area contributed by atoms with Crippen LogP contribution in [-0.2, 0) is 0 Å². The highest BCUT2D eigenvalue weighted by atomic mass is 32.3. The molecule has 0 amide bonds. The van der Waals surface area contributed by atoms with Crippen molar-refractivity contribution >= 4 is 47.0 Å². The van der Waals surface area contributed by atoms with Crippen LogP contribution in [0.5, 0.6) is 0 Å². The van der Waals surface area contributed by atoms with Crippen LogP contribution >= 0.6 is 47.0 Å². The Labute approximate surface area is 128 Å². The number of thioether (sulfide) groups is 4. The van der Waals surface area contributed by atoms with Gasteiger partial charge >= 0.3 is 0 Å². The molecule has 2 aliphatic heterocycles. The van der Waals surface area contributed by atoms with Gasteiger partial charge in [-0.1, -0.05) is 32.4 Å². The topological polar surface area (TPSA) is 0 Å². The Morgan fingerprint density at radius 2 is 1.94 bits per heavy atom. The summed E-state index contributed by atoms with van der Waals surface area (Å²) in [6.45, 7) is 7.10. The van der Waals surface area contributed by atoms with Crippen LogP contribution in [0.15, 0.2) is 22.6 Å². The zero-order valence-electron chi connectivity index (χ0n) is 11.5. The van der Waals surface area contributed by atoms with Crippen molar-refractivity contribution in [1.29, 1.82) is 0 Å². The van der Waals surface area contributed by atoms with Gasteiger partial charge in [0, 0.05) is 16.4 Å². The van der Waals surface area contributed by atoms with Gasteiger partial charge in [0.25, 0.3) is 0 Å². The minimum Gasteiger partial charge on any atom is -0.134 e. The largest absolute Gasteiger partial charge is 0.134 e. The molecule has 18 heavy (non-hydrogen) atoms. The Morgan fingerprint density at radius 1 is 1.22 bits per heavy atom. The first kappa shape index (κ1) is 13.8. The maximum Gasteiger partial charge on any atom is 0.127 e. The van der Waals surface area contributed by atoms with Gasteiger partial charge in [-0.3, -0.25) is 0 Å². The maximum atomic E-state index is 2.58. The van der Waals surface area contributed by atoms with Crippen molar-refractivity contribution in [3.63, 3.8) is 0 Å². The minimum absolute atomic E-state index is 0.287. The van der Waals surface area contributed by atoms with E-state index in [1.807, 2.05) is 23.5 Å². The van der Waals surface area contributed by atoms with Crippen molar-refractivity contribution in [1.82, 2.24) is 0 Å². The first-order valence-corrected chi connectivity index (χ1v) is 10.5. The summed E-state index contributed by atoms with van der Waals surface area (Å²) in [5.74, 6) is 0.680. The van der Waals surface area contributed by atoms with Crippen LogP contribution in [-0.4, -0.2) is 26.4 Å². The molecule has 0 spiro atoms. The van der Waals surface area contributed by atoms with Crippen LogP contribution in [0.3, 0.4) is 0 Å². The number of rotatable bonds is 2. The smallest absolute Gasteiger partial charge is 0.127 e. The molecular weight excluding hydrogens is 296 g/mol. The molecule has 0 aromatic heterocycles. The molecule has 1 aliphatic carbocycles. The summed E-state index contributed by atoms with van der Waals surface area (Å²) in [5.41, 5.74) is 2.01. The fourth-order valence-corrected chi connectivity index (χ4v) is 9.60. The summed E-state index contributed by atoms with van der Waals surface area (Å²) >= 11 is 8.36. The molecule has 3 aliphatic rings. The Kier molecular flexibility index (Phi) is 3.41. The van der Waals surface area contributed by atoms with E-state index in [2.05, 4.69) is 69.0 Å². The molecule has 4 heteroatoms. The Bertz CT molecular complexity index is 432. The lowest BCUT2D eigenvalue weighted by Gasteiger charge is -2.31. The fourth-order valence-electron chi connectivity index (χ4n) is 3.02. The van der Waals surface area contributed by atoms with E-state index in [1.165, 1.54) is 0 Å². The summed E-state index contributed by atoms with van der Waals surface area (Å²) < 4.78 is 0.287. The average molecular weight is 317 g/mol. The molecule has 2 bridgehead atoms. The van der Waals surface area contributed by atoms with Crippen molar-refractivity contribution in [3.05, 3.63) is 22.6 Å². The summed E-state index contributed by atoms with van der Waals surface area (Å²) in [5, 5.41) is 1.51. The molecule has 2 heterocycles. The second-order valence-electron chi connectivity index (χ2n) is 6.08. The van der Waals surface area contributed by atoms with Gasteiger partial charge in [0.2, 0.25) is 0 Å². The predicted octanol–water partition coefficient (Wildman–Crippen LogP) is 5.08. The molecular formula is C14H20S4. The quantitative estimate of drug-likeness (QED) is 0.651. The molecule has 0 N–H and O–H groups in total. The first-order chi connectivity index (χ1) is 8.40. The molecule has 0 aromatic carbocycles. The first-order valence-electron chi connectivity index (χ1n) is 6.30. The van der Waals surface area contributed by atoms with Gasteiger partial charge in [0.1, 0.15) is 3.41 Å². The van der Waals surface area contributed by atoms with Crippen molar-refractivity contribution < 1.29 is 0 Å². The Balaban J connectivity index is 2.05. The zero-order valence-corrected chi connectivity index (χ0v) is 14.8. The number of hydrogen-bond acceptors (Lipinski definition) is 4. The van der Waals surface area contributed by atoms with Gasteiger partial charge in [-0.25, -0.2) is 0 Å².